The largest absolute Gasteiger partial charge is 0.335 e. The maximum absolute atomic E-state index is 14.0. The van der Waals surface area contributed by atoms with Crippen LogP contribution in [0.1, 0.15) is 78.6 Å². The fraction of sp³-hybridized carbons (Fsp3) is 0.379. The zero-order chi connectivity index (χ0) is 26.5. The monoisotopic (exact) mass is 537 g/mol. The molecule has 2 aromatic carbocycles. The molecule has 1 amide bonds. The van der Waals surface area contributed by atoms with E-state index in [2.05, 4.69) is 5.16 Å². The Balaban J connectivity index is 0.00000400. The average Bonchev–Trinajstić information content (AvgIpc) is 3.34. The van der Waals surface area contributed by atoms with Crippen molar-refractivity contribution in [3.8, 4) is 0 Å². The molecular formula is C29H36ClN5O3. The number of fused-ring (bicyclic) bond motifs is 1. The summed E-state index contributed by atoms with van der Waals surface area (Å²) in [6.45, 7) is 9.11. The van der Waals surface area contributed by atoms with Crippen LogP contribution in [0.5, 0.6) is 0 Å². The normalized spacial score (nSPS) is 11.9. The first-order valence-electron chi connectivity index (χ1n) is 12.9. The number of carbonyl (C=O) groups excluding carboxylic acids is 1. The molecule has 8 nitrogen and oxygen atoms in total. The van der Waals surface area contributed by atoms with Crippen molar-refractivity contribution in [2.45, 2.75) is 59.0 Å². The van der Waals surface area contributed by atoms with E-state index >= 15 is 0 Å². The topological polar surface area (TPSA) is 107 Å². The molecule has 4 aromatic rings. The number of amides is 1. The number of halogens is 1. The van der Waals surface area contributed by atoms with Gasteiger partial charge in [-0.2, -0.15) is 4.98 Å². The third-order valence-corrected chi connectivity index (χ3v) is 6.61. The molecule has 0 spiro atoms. The van der Waals surface area contributed by atoms with Crippen LogP contribution in [0, 0.1) is 6.92 Å². The van der Waals surface area contributed by atoms with Crippen molar-refractivity contribution in [1.29, 1.82) is 0 Å². The second-order valence-electron chi connectivity index (χ2n) is 9.68. The molecule has 2 N–H and O–H groups in total. The second-order valence-corrected chi connectivity index (χ2v) is 9.68. The summed E-state index contributed by atoms with van der Waals surface area (Å²) >= 11 is 0. The standard InChI is InChI=1S/C29H35N5O3.ClH/c1-5-23(33(17-9-16-30)28(35)22-14-12-20(4)13-15-22)26-31-27-24(25(19(2)3)32-37-27)29(36)34(26)18-21-10-7-6-8-11-21;/h6-8,10-15,19,23H,5,9,16-18,30H2,1-4H3;1H. The van der Waals surface area contributed by atoms with E-state index in [0.717, 1.165) is 11.1 Å². The van der Waals surface area contributed by atoms with Crippen molar-refractivity contribution in [2.24, 2.45) is 5.73 Å². The van der Waals surface area contributed by atoms with Gasteiger partial charge in [-0.05, 0) is 49.9 Å². The lowest BCUT2D eigenvalue weighted by molar-refractivity contribution is 0.0655. The van der Waals surface area contributed by atoms with E-state index in [4.69, 9.17) is 15.2 Å². The number of aromatic nitrogens is 3. The predicted octanol–water partition coefficient (Wildman–Crippen LogP) is 5.23. The SMILES string of the molecule is CCC(c1nc2onc(C(C)C)c2c(=O)n1Cc1ccccc1)N(CCCN)C(=O)c1ccc(C)cc1.Cl. The highest BCUT2D eigenvalue weighted by atomic mass is 35.5. The van der Waals surface area contributed by atoms with Gasteiger partial charge in [-0.25, -0.2) is 0 Å². The molecule has 4 rings (SSSR count). The Labute approximate surface area is 229 Å². The minimum absolute atomic E-state index is 0. The first-order chi connectivity index (χ1) is 17.8. The molecule has 2 heterocycles. The molecule has 0 radical (unpaired) electrons. The van der Waals surface area contributed by atoms with E-state index in [1.807, 2.05) is 82.3 Å². The maximum Gasteiger partial charge on any atom is 0.267 e. The summed E-state index contributed by atoms with van der Waals surface area (Å²) in [6.07, 6.45) is 1.18. The molecular weight excluding hydrogens is 502 g/mol. The van der Waals surface area contributed by atoms with E-state index < -0.39 is 6.04 Å². The molecule has 0 aliphatic rings. The molecule has 2 aromatic heterocycles. The van der Waals surface area contributed by atoms with Gasteiger partial charge < -0.3 is 15.2 Å². The third kappa shape index (κ3) is 5.97. The Hall–Kier alpha value is -3.49. The van der Waals surface area contributed by atoms with E-state index in [-0.39, 0.29) is 35.5 Å². The lowest BCUT2D eigenvalue weighted by Gasteiger charge is -2.32. The van der Waals surface area contributed by atoms with E-state index in [1.165, 1.54) is 0 Å². The highest BCUT2D eigenvalue weighted by Gasteiger charge is 2.31. The van der Waals surface area contributed by atoms with Crippen LogP contribution in [-0.4, -0.2) is 38.6 Å². The number of hydrogen-bond acceptors (Lipinski definition) is 6. The van der Waals surface area contributed by atoms with Crippen LogP contribution in [0.25, 0.3) is 11.1 Å². The van der Waals surface area contributed by atoms with E-state index in [0.29, 0.717) is 54.9 Å². The van der Waals surface area contributed by atoms with Gasteiger partial charge in [0.05, 0.1) is 12.6 Å². The molecule has 0 aliphatic carbocycles. The highest BCUT2D eigenvalue weighted by molar-refractivity contribution is 5.94. The van der Waals surface area contributed by atoms with Crippen molar-refractivity contribution >= 4 is 29.4 Å². The van der Waals surface area contributed by atoms with Gasteiger partial charge in [0.25, 0.3) is 17.2 Å². The first-order valence-corrected chi connectivity index (χ1v) is 12.9. The number of aryl methyl sites for hydroxylation is 1. The quantitative estimate of drug-likeness (QED) is 0.297. The molecule has 0 aliphatic heterocycles. The predicted molar refractivity (Wildman–Crippen MR) is 152 cm³/mol. The van der Waals surface area contributed by atoms with Crippen LogP contribution in [-0.2, 0) is 6.54 Å². The van der Waals surface area contributed by atoms with Crippen molar-refractivity contribution in [3.05, 3.63) is 93.2 Å². The lowest BCUT2D eigenvalue weighted by Crippen LogP contribution is -2.40. The summed E-state index contributed by atoms with van der Waals surface area (Å²) in [5, 5.41) is 4.56. The van der Waals surface area contributed by atoms with Crippen LogP contribution >= 0.6 is 12.4 Å². The van der Waals surface area contributed by atoms with Gasteiger partial charge in [0, 0.05) is 12.1 Å². The van der Waals surface area contributed by atoms with Gasteiger partial charge in [-0.1, -0.05) is 74.0 Å². The minimum Gasteiger partial charge on any atom is -0.335 e. The van der Waals surface area contributed by atoms with Gasteiger partial charge in [-0.3, -0.25) is 14.2 Å². The average molecular weight is 538 g/mol. The molecule has 0 saturated heterocycles. The molecule has 9 heteroatoms. The smallest absolute Gasteiger partial charge is 0.267 e. The lowest BCUT2D eigenvalue weighted by atomic mass is 10.1. The Bertz CT molecular complexity index is 1410. The summed E-state index contributed by atoms with van der Waals surface area (Å²) < 4.78 is 7.23. The highest BCUT2D eigenvalue weighted by Crippen LogP contribution is 2.28. The van der Waals surface area contributed by atoms with Crippen LogP contribution in [0.15, 0.2) is 63.9 Å². The third-order valence-electron chi connectivity index (χ3n) is 6.61. The number of nitrogens with two attached hydrogens (primary N) is 1. The fourth-order valence-corrected chi connectivity index (χ4v) is 4.61. The molecule has 202 valence electrons. The van der Waals surface area contributed by atoms with Crippen LogP contribution in [0.2, 0.25) is 0 Å². The Morgan fingerprint density at radius 1 is 1.11 bits per heavy atom. The molecule has 0 bridgehead atoms. The van der Waals surface area contributed by atoms with Crippen molar-refractivity contribution in [3.63, 3.8) is 0 Å². The molecule has 0 saturated carbocycles. The molecule has 1 unspecified atom stereocenters. The van der Waals surface area contributed by atoms with Crippen LogP contribution in [0.4, 0.5) is 0 Å². The van der Waals surface area contributed by atoms with Crippen molar-refractivity contribution in [1.82, 2.24) is 19.6 Å². The van der Waals surface area contributed by atoms with Gasteiger partial charge in [0.2, 0.25) is 0 Å². The Kier molecular flexibility index (Phi) is 9.83. The number of carbonyl (C=O) groups is 1. The fourth-order valence-electron chi connectivity index (χ4n) is 4.61. The van der Waals surface area contributed by atoms with Crippen LogP contribution in [0.3, 0.4) is 0 Å². The van der Waals surface area contributed by atoms with Gasteiger partial charge in [0.15, 0.2) is 0 Å². The molecule has 38 heavy (non-hydrogen) atoms. The summed E-state index contributed by atoms with van der Waals surface area (Å²) in [7, 11) is 0. The summed E-state index contributed by atoms with van der Waals surface area (Å²) in [5.41, 5.74) is 9.04. The van der Waals surface area contributed by atoms with E-state index in [1.54, 1.807) is 9.47 Å². The first kappa shape index (κ1) is 29.1. The van der Waals surface area contributed by atoms with Gasteiger partial charge >= 0.3 is 0 Å². The summed E-state index contributed by atoms with van der Waals surface area (Å²) in [6, 6.07) is 16.8. The number of nitrogens with zero attached hydrogens (tertiary/aromatic N) is 4. The van der Waals surface area contributed by atoms with Gasteiger partial charge in [-0.15, -0.1) is 12.4 Å². The maximum atomic E-state index is 14.0. The molecule has 0 fully saturated rings. The molecule has 1 atom stereocenters. The Morgan fingerprint density at radius 2 is 1.79 bits per heavy atom. The zero-order valence-corrected chi connectivity index (χ0v) is 23.2. The van der Waals surface area contributed by atoms with Crippen LogP contribution < -0.4 is 11.3 Å². The van der Waals surface area contributed by atoms with Crippen molar-refractivity contribution in [2.75, 3.05) is 13.1 Å². The number of rotatable bonds is 10. The zero-order valence-electron chi connectivity index (χ0n) is 22.4. The minimum atomic E-state index is -0.464. The Morgan fingerprint density at radius 3 is 2.39 bits per heavy atom. The summed E-state index contributed by atoms with van der Waals surface area (Å²) in [5.74, 6) is 0.354. The second kappa shape index (κ2) is 12.8. The van der Waals surface area contributed by atoms with Crippen molar-refractivity contribution < 1.29 is 9.32 Å². The van der Waals surface area contributed by atoms with E-state index in [9.17, 15) is 9.59 Å². The number of benzene rings is 2. The van der Waals surface area contributed by atoms with Gasteiger partial charge in [0.1, 0.15) is 16.9 Å². The summed E-state index contributed by atoms with van der Waals surface area (Å²) in [4.78, 5) is 34.4. The number of hydrogen-bond donors (Lipinski definition) is 1.